The summed E-state index contributed by atoms with van der Waals surface area (Å²) >= 11 is 0. The summed E-state index contributed by atoms with van der Waals surface area (Å²) in [6.07, 6.45) is 1.07. The van der Waals surface area contributed by atoms with Crippen LogP contribution in [0.4, 0.5) is 15.8 Å². The molecule has 0 heterocycles. The monoisotopic (exact) mass is 350 g/mol. The Kier molecular flexibility index (Phi) is 5.56. The van der Waals surface area contributed by atoms with Crippen molar-refractivity contribution < 1.29 is 17.6 Å². The quantitative estimate of drug-likeness (QED) is 0.805. The number of carbonyl (C=O) groups excluding carboxylic acids is 1. The van der Waals surface area contributed by atoms with Gasteiger partial charge in [-0.2, -0.15) is 0 Å². The van der Waals surface area contributed by atoms with E-state index in [1.165, 1.54) is 29.2 Å². The van der Waals surface area contributed by atoms with E-state index in [1.807, 2.05) is 18.2 Å². The molecule has 0 aliphatic rings. The van der Waals surface area contributed by atoms with Gasteiger partial charge in [0.15, 0.2) is 0 Å². The predicted octanol–water partition coefficient (Wildman–Crippen LogP) is 2.64. The van der Waals surface area contributed by atoms with E-state index in [0.29, 0.717) is 5.69 Å². The van der Waals surface area contributed by atoms with Crippen molar-refractivity contribution in [3.8, 4) is 0 Å². The molecule has 0 bridgehead atoms. The smallest absolute Gasteiger partial charge is 0.232 e. The zero-order valence-corrected chi connectivity index (χ0v) is 14.3. The second kappa shape index (κ2) is 7.44. The maximum absolute atomic E-state index is 13.0. The summed E-state index contributed by atoms with van der Waals surface area (Å²) in [6, 6.07) is 14.2. The van der Waals surface area contributed by atoms with E-state index in [4.69, 9.17) is 0 Å². The minimum atomic E-state index is -3.58. The first kappa shape index (κ1) is 17.9. The third kappa shape index (κ3) is 4.55. The lowest BCUT2D eigenvalue weighted by Gasteiger charge is -2.24. The maximum atomic E-state index is 13.0. The summed E-state index contributed by atoms with van der Waals surface area (Å²) in [6.45, 7) is -0.0134. The maximum Gasteiger partial charge on any atom is 0.232 e. The molecule has 128 valence electrons. The minimum Gasteiger partial charge on any atom is -0.315 e. The van der Waals surface area contributed by atoms with E-state index in [9.17, 15) is 17.6 Å². The Morgan fingerprint density at radius 1 is 1.00 bits per heavy atom. The molecule has 0 aliphatic heterocycles. The SMILES string of the molecule is CN(C(=O)CCN(c1ccc(F)cc1)S(C)(=O)=O)c1ccccc1. The molecule has 0 saturated carbocycles. The van der Waals surface area contributed by atoms with Crippen LogP contribution in [0.5, 0.6) is 0 Å². The number of nitrogens with zero attached hydrogens (tertiary/aromatic N) is 2. The van der Waals surface area contributed by atoms with Gasteiger partial charge < -0.3 is 4.90 Å². The lowest BCUT2D eigenvalue weighted by atomic mass is 10.2. The molecular weight excluding hydrogens is 331 g/mol. The van der Waals surface area contributed by atoms with Crippen LogP contribution in [-0.4, -0.2) is 34.2 Å². The van der Waals surface area contributed by atoms with Crippen molar-refractivity contribution in [2.45, 2.75) is 6.42 Å². The van der Waals surface area contributed by atoms with Gasteiger partial charge in [0.25, 0.3) is 0 Å². The number of benzene rings is 2. The Balaban J connectivity index is 2.11. The van der Waals surface area contributed by atoms with Crippen molar-refractivity contribution in [1.29, 1.82) is 0 Å². The third-order valence-electron chi connectivity index (χ3n) is 3.56. The van der Waals surface area contributed by atoms with Crippen molar-refractivity contribution >= 4 is 27.3 Å². The second-order valence-electron chi connectivity index (χ2n) is 5.35. The molecular formula is C17H19FN2O3S. The van der Waals surface area contributed by atoms with Crippen LogP contribution in [-0.2, 0) is 14.8 Å². The first-order valence-corrected chi connectivity index (χ1v) is 9.19. The highest BCUT2D eigenvalue weighted by atomic mass is 32.2. The van der Waals surface area contributed by atoms with Crippen LogP contribution in [0.25, 0.3) is 0 Å². The van der Waals surface area contributed by atoms with E-state index >= 15 is 0 Å². The van der Waals surface area contributed by atoms with Gasteiger partial charge in [0.2, 0.25) is 15.9 Å². The van der Waals surface area contributed by atoms with Gasteiger partial charge in [0, 0.05) is 25.7 Å². The van der Waals surface area contributed by atoms with Gasteiger partial charge in [-0.25, -0.2) is 12.8 Å². The fourth-order valence-electron chi connectivity index (χ4n) is 2.25. The largest absolute Gasteiger partial charge is 0.315 e. The number of halogens is 1. The van der Waals surface area contributed by atoms with Gasteiger partial charge in [-0.05, 0) is 36.4 Å². The van der Waals surface area contributed by atoms with Gasteiger partial charge in [-0.15, -0.1) is 0 Å². The molecule has 2 aromatic carbocycles. The summed E-state index contributed by atoms with van der Waals surface area (Å²) in [5.74, 6) is -0.663. The zero-order valence-electron chi connectivity index (χ0n) is 13.5. The molecule has 0 radical (unpaired) electrons. The zero-order chi connectivity index (χ0) is 17.7. The molecule has 24 heavy (non-hydrogen) atoms. The highest BCUT2D eigenvalue weighted by Gasteiger charge is 2.20. The molecule has 2 rings (SSSR count). The number of carbonyl (C=O) groups is 1. The molecule has 0 aromatic heterocycles. The Hall–Kier alpha value is -2.41. The topological polar surface area (TPSA) is 57.7 Å². The molecule has 0 saturated heterocycles. The van der Waals surface area contributed by atoms with Gasteiger partial charge in [0.1, 0.15) is 5.82 Å². The molecule has 0 unspecified atom stereocenters. The summed E-state index contributed by atoms with van der Waals surface area (Å²) in [7, 11) is -1.94. The van der Waals surface area contributed by atoms with Crippen LogP contribution in [0.1, 0.15) is 6.42 Å². The number of hydrogen-bond donors (Lipinski definition) is 0. The van der Waals surface area contributed by atoms with E-state index in [-0.39, 0.29) is 18.9 Å². The van der Waals surface area contributed by atoms with Gasteiger partial charge >= 0.3 is 0 Å². The molecule has 0 spiro atoms. The number of sulfonamides is 1. The van der Waals surface area contributed by atoms with Gasteiger partial charge in [-0.3, -0.25) is 9.10 Å². The minimum absolute atomic E-state index is 0.00976. The van der Waals surface area contributed by atoms with E-state index in [2.05, 4.69) is 0 Å². The van der Waals surface area contributed by atoms with Crippen molar-refractivity contribution in [3.05, 3.63) is 60.4 Å². The Labute approximate surface area is 141 Å². The van der Waals surface area contributed by atoms with Gasteiger partial charge in [0.05, 0.1) is 11.9 Å². The van der Waals surface area contributed by atoms with Crippen LogP contribution < -0.4 is 9.21 Å². The molecule has 1 amide bonds. The predicted molar refractivity (Wildman–Crippen MR) is 93.1 cm³/mol. The average Bonchev–Trinajstić information content (AvgIpc) is 2.55. The van der Waals surface area contributed by atoms with Crippen molar-refractivity contribution in [2.24, 2.45) is 0 Å². The van der Waals surface area contributed by atoms with Crippen LogP contribution in [0.2, 0.25) is 0 Å². The van der Waals surface area contributed by atoms with Crippen LogP contribution in [0, 0.1) is 5.82 Å². The number of para-hydroxylation sites is 1. The van der Waals surface area contributed by atoms with Crippen molar-refractivity contribution in [3.63, 3.8) is 0 Å². The lowest BCUT2D eigenvalue weighted by molar-refractivity contribution is -0.118. The van der Waals surface area contributed by atoms with E-state index < -0.39 is 15.8 Å². The van der Waals surface area contributed by atoms with Crippen LogP contribution in [0.3, 0.4) is 0 Å². The number of rotatable bonds is 6. The molecule has 0 N–H and O–H groups in total. The highest BCUT2D eigenvalue weighted by Crippen LogP contribution is 2.19. The van der Waals surface area contributed by atoms with Crippen molar-refractivity contribution in [1.82, 2.24) is 0 Å². The fourth-order valence-corrected chi connectivity index (χ4v) is 3.18. The second-order valence-corrected chi connectivity index (χ2v) is 7.26. The Morgan fingerprint density at radius 2 is 1.58 bits per heavy atom. The van der Waals surface area contributed by atoms with E-state index in [1.54, 1.807) is 19.2 Å². The van der Waals surface area contributed by atoms with Crippen molar-refractivity contribution in [2.75, 3.05) is 29.1 Å². The van der Waals surface area contributed by atoms with Crippen LogP contribution >= 0.6 is 0 Å². The molecule has 5 nitrogen and oxygen atoms in total. The van der Waals surface area contributed by atoms with E-state index in [0.717, 1.165) is 16.2 Å². The summed E-state index contributed by atoms with van der Waals surface area (Å²) < 4.78 is 38.1. The molecule has 0 atom stereocenters. The normalized spacial score (nSPS) is 11.1. The fraction of sp³-hybridized carbons (Fsp3) is 0.235. The molecule has 2 aromatic rings. The number of amides is 1. The Morgan fingerprint density at radius 3 is 2.12 bits per heavy atom. The standard InChI is InChI=1S/C17H19FN2O3S/c1-19(15-6-4-3-5-7-15)17(21)12-13-20(24(2,22)23)16-10-8-14(18)9-11-16/h3-11H,12-13H2,1-2H3. The number of hydrogen-bond acceptors (Lipinski definition) is 3. The Bertz CT molecular complexity index is 792. The summed E-state index contributed by atoms with van der Waals surface area (Å²) in [4.78, 5) is 13.8. The molecule has 0 fully saturated rings. The van der Waals surface area contributed by atoms with Gasteiger partial charge in [-0.1, -0.05) is 18.2 Å². The first-order chi connectivity index (χ1) is 11.3. The highest BCUT2D eigenvalue weighted by molar-refractivity contribution is 7.92. The third-order valence-corrected chi connectivity index (χ3v) is 4.76. The first-order valence-electron chi connectivity index (χ1n) is 7.34. The summed E-state index contributed by atoms with van der Waals surface area (Å²) in [5, 5.41) is 0. The molecule has 7 heteroatoms. The lowest BCUT2D eigenvalue weighted by Crippen LogP contribution is -2.35. The number of anilines is 2. The summed E-state index contributed by atoms with van der Waals surface area (Å²) in [5.41, 5.74) is 1.06. The molecule has 0 aliphatic carbocycles. The average molecular weight is 350 g/mol. The van der Waals surface area contributed by atoms with Crippen LogP contribution in [0.15, 0.2) is 54.6 Å².